The molecule has 0 heterocycles. The largest absolute Gasteiger partial charge is 0.496 e. The van der Waals surface area contributed by atoms with Crippen molar-refractivity contribution in [2.24, 2.45) is 0 Å². The van der Waals surface area contributed by atoms with E-state index in [1.165, 1.54) is 27.4 Å². The summed E-state index contributed by atoms with van der Waals surface area (Å²) in [6.07, 6.45) is 1.41. The highest BCUT2D eigenvalue weighted by Crippen LogP contribution is 2.34. The second-order valence-corrected chi connectivity index (χ2v) is 3.81. The molecule has 0 aliphatic carbocycles. The van der Waals surface area contributed by atoms with Crippen molar-refractivity contribution in [2.45, 2.75) is 12.8 Å². The number of hydrogen-bond donors (Lipinski definition) is 0. The molecular weight excluding hydrogens is 264 g/mol. The monoisotopic (exact) mass is 283 g/mol. The molecule has 0 aliphatic rings. The van der Waals surface area contributed by atoms with Crippen LogP contribution in [0, 0.1) is 6.92 Å². The maximum atomic E-state index is 11.9. The summed E-state index contributed by atoms with van der Waals surface area (Å²) < 4.78 is 15.4. The lowest BCUT2D eigenvalue weighted by atomic mass is 10.1. The van der Waals surface area contributed by atoms with Gasteiger partial charge in [-0.15, -0.1) is 0 Å². The van der Waals surface area contributed by atoms with E-state index >= 15 is 0 Å². The summed E-state index contributed by atoms with van der Waals surface area (Å²) in [6.45, 7) is 3.96. The Morgan fingerprint density at radius 2 is 1.65 bits per heavy atom. The van der Waals surface area contributed by atoms with Crippen molar-refractivity contribution in [2.75, 3.05) is 27.9 Å². The van der Waals surface area contributed by atoms with Crippen molar-refractivity contribution < 1.29 is 28.8 Å². The summed E-state index contributed by atoms with van der Waals surface area (Å²) in [5.74, 6) is 0.511. The van der Waals surface area contributed by atoms with Crippen LogP contribution in [-0.4, -0.2) is 33.9 Å². The van der Waals surface area contributed by atoms with E-state index in [2.05, 4.69) is 6.92 Å². The Labute approximate surface area is 118 Å². The van der Waals surface area contributed by atoms with E-state index in [0.717, 1.165) is 0 Å². The first-order valence-electron chi connectivity index (χ1n) is 6.11. The number of ether oxygens (including phenoxy) is 3. The molecule has 0 amide bonds. The number of carbonyl (C=O) groups is 1. The van der Waals surface area contributed by atoms with Crippen LogP contribution < -0.4 is 14.2 Å². The predicted octanol–water partition coefficient (Wildman–Crippen LogP) is 2.42. The lowest BCUT2D eigenvalue weighted by Crippen LogP contribution is -2.09. The lowest BCUT2D eigenvalue weighted by Gasteiger charge is -2.12. The Kier molecular flexibility index (Phi) is 6.66. The predicted molar refractivity (Wildman–Crippen MR) is 72.1 cm³/mol. The molecule has 111 valence electrons. The standard InChI is InChI=1S/C14H19O6/c1-5-6-7-19-20-14(15)10-8-12(17-3)13(18-4)9-11(10)16-2/h8-9H,1,5-7H2,2-4H3. The third-order valence-electron chi connectivity index (χ3n) is 2.54. The van der Waals surface area contributed by atoms with Crippen LogP contribution in [0.15, 0.2) is 12.1 Å². The third-order valence-corrected chi connectivity index (χ3v) is 2.54. The Morgan fingerprint density at radius 1 is 1.05 bits per heavy atom. The molecule has 0 saturated heterocycles. The van der Waals surface area contributed by atoms with Crippen LogP contribution in [0.3, 0.4) is 0 Å². The van der Waals surface area contributed by atoms with Crippen LogP contribution in [-0.2, 0) is 9.78 Å². The zero-order valence-electron chi connectivity index (χ0n) is 11.9. The fourth-order valence-electron chi connectivity index (χ4n) is 1.49. The Morgan fingerprint density at radius 3 is 2.20 bits per heavy atom. The molecule has 20 heavy (non-hydrogen) atoms. The molecule has 0 spiro atoms. The first-order chi connectivity index (χ1) is 9.67. The fourth-order valence-corrected chi connectivity index (χ4v) is 1.49. The van der Waals surface area contributed by atoms with E-state index in [4.69, 9.17) is 24.0 Å². The van der Waals surface area contributed by atoms with E-state index in [-0.39, 0.29) is 5.56 Å². The van der Waals surface area contributed by atoms with Gasteiger partial charge in [0.25, 0.3) is 0 Å². The van der Waals surface area contributed by atoms with Gasteiger partial charge in [-0.2, -0.15) is 4.89 Å². The molecule has 0 N–H and O–H groups in total. The number of unbranched alkanes of at least 4 members (excludes halogenated alkanes) is 1. The van der Waals surface area contributed by atoms with Gasteiger partial charge in [0.2, 0.25) is 0 Å². The summed E-state index contributed by atoms with van der Waals surface area (Å²) in [4.78, 5) is 21.4. The Balaban J connectivity index is 2.89. The van der Waals surface area contributed by atoms with Crippen LogP contribution in [0.4, 0.5) is 0 Å². The zero-order valence-corrected chi connectivity index (χ0v) is 11.9. The minimum Gasteiger partial charge on any atom is -0.496 e. The molecule has 1 aromatic carbocycles. The molecule has 1 aromatic rings. The highest BCUT2D eigenvalue weighted by atomic mass is 17.2. The summed E-state index contributed by atoms with van der Waals surface area (Å²) in [6, 6.07) is 3.02. The quantitative estimate of drug-likeness (QED) is 0.415. The van der Waals surface area contributed by atoms with Crippen molar-refractivity contribution >= 4 is 5.97 Å². The molecule has 1 rings (SSSR count). The van der Waals surface area contributed by atoms with Crippen molar-refractivity contribution in [1.29, 1.82) is 0 Å². The molecule has 0 unspecified atom stereocenters. The summed E-state index contributed by atoms with van der Waals surface area (Å²) in [5.41, 5.74) is 0.194. The van der Waals surface area contributed by atoms with Crippen molar-refractivity contribution in [3.63, 3.8) is 0 Å². The smallest absolute Gasteiger partial charge is 0.376 e. The van der Waals surface area contributed by atoms with Gasteiger partial charge in [0.05, 0.1) is 27.9 Å². The molecule has 0 aromatic heterocycles. The first-order valence-corrected chi connectivity index (χ1v) is 6.11. The Bertz CT molecular complexity index is 444. The molecule has 6 heteroatoms. The highest BCUT2D eigenvalue weighted by Gasteiger charge is 2.19. The van der Waals surface area contributed by atoms with Crippen LogP contribution in [0.1, 0.15) is 23.2 Å². The van der Waals surface area contributed by atoms with E-state index in [1.807, 2.05) is 0 Å². The van der Waals surface area contributed by atoms with E-state index in [9.17, 15) is 4.79 Å². The first kappa shape index (κ1) is 16.1. The van der Waals surface area contributed by atoms with Crippen molar-refractivity contribution in [3.05, 3.63) is 24.6 Å². The zero-order chi connectivity index (χ0) is 15.0. The SMILES string of the molecule is [CH2]CCCOOC(=O)c1cc(OC)c(OC)cc1OC. The van der Waals surface area contributed by atoms with Gasteiger partial charge >= 0.3 is 5.97 Å². The summed E-state index contributed by atoms with van der Waals surface area (Å²) in [7, 11) is 4.42. The van der Waals surface area contributed by atoms with E-state index < -0.39 is 5.97 Å². The topological polar surface area (TPSA) is 63.2 Å². The third kappa shape index (κ3) is 4.03. The summed E-state index contributed by atoms with van der Waals surface area (Å²) in [5, 5.41) is 0. The highest BCUT2D eigenvalue weighted by molar-refractivity contribution is 5.93. The normalized spacial score (nSPS) is 10.0. The molecule has 0 aliphatic heterocycles. The van der Waals surface area contributed by atoms with E-state index in [1.54, 1.807) is 6.07 Å². The second kappa shape index (κ2) is 8.27. The van der Waals surface area contributed by atoms with Gasteiger partial charge in [-0.3, -0.25) is 4.89 Å². The number of hydrogen-bond acceptors (Lipinski definition) is 6. The molecule has 0 bridgehead atoms. The molecule has 0 fully saturated rings. The molecule has 0 saturated carbocycles. The van der Waals surface area contributed by atoms with Gasteiger partial charge in [0, 0.05) is 12.1 Å². The number of carbonyl (C=O) groups excluding carboxylic acids is 1. The van der Waals surface area contributed by atoms with Gasteiger partial charge in [0.15, 0.2) is 11.5 Å². The number of methoxy groups -OCH3 is 3. The number of benzene rings is 1. The maximum Gasteiger partial charge on any atom is 0.376 e. The van der Waals surface area contributed by atoms with Gasteiger partial charge in [-0.05, 0) is 6.42 Å². The van der Waals surface area contributed by atoms with Crippen molar-refractivity contribution in [1.82, 2.24) is 0 Å². The van der Waals surface area contributed by atoms with Crippen LogP contribution >= 0.6 is 0 Å². The molecule has 0 atom stereocenters. The minimum atomic E-state index is -0.660. The van der Waals surface area contributed by atoms with Crippen molar-refractivity contribution in [3.8, 4) is 17.2 Å². The average molecular weight is 283 g/mol. The average Bonchev–Trinajstić information content (AvgIpc) is 2.49. The van der Waals surface area contributed by atoms with Crippen LogP contribution in [0.5, 0.6) is 17.2 Å². The summed E-state index contributed by atoms with van der Waals surface area (Å²) >= 11 is 0. The minimum absolute atomic E-state index is 0.194. The Hall–Kier alpha value is -1.95. The lowest BCUT2D eigenvalue weighted by molar-refractivity contribution is -0.241. The molecule has 1 radical (unpaired) electrons. The fraction of sp³-hybridized carbons (Fsp3) is 0.429. The van der Waals surface area contributed by atoms with Gasteiger partial charge in [0.1, 0.15) is 11.3 Å². The van der Waals surface area contributed by atoms with Gasteiger partial charge < -0.3 is 14.2 Å². The number of rotatable bonds is 8. The maximum absolute atomic E-state index is 11.9. The van der Waals surface area contributed by atoms with E-state index in [0.29, 0.717) is 36.7 Å². The molecule has 6 nitrogen and oxygen atoms in total. The van der Waals surface area contributed by atoms with Gasteiger partial charge in [-0.1, -0.05) is 13.3 Å². The molecular formula is C14H19O6. The van der Waals surface area contributed by atoms with Crippen LogP contribution in [0.2, 0.25) is 0 Å². The second-order valence-electron chi connectivity index (χ2n) is 3.81. The van der Waals surface area contributed by atoms with Gasteiger partial charge in [-0.25, -0.2) is 4.79 Å². The van der Waals surface area contributed by atoms with Crippen LogP contribution in [0.25, 0.3) is 0 Å².